The highest BCUT2D eigenvalue weighted by molar-refractivity contribution is 6.30. The fourth-order valence-corrected chi connectivity index (χ4v) is 2.62. The summed E-state index contributed by atoms with van der Waals surface area (Å²) in [5.41, 5.74) is 0.617. The van der Waals surface area contributed by atoms with Gasteiger partial charge in [-0.1, -0.05) is 30.7 Å². The topological polar surface area (TPSA) is 37.3 Å². The first kappa shape index (κ1) is 12.6. The van der Waals surface area contributed by atoms with Gasteiger partial charge in [0.25, 0.3) is 0 Å². The minimum absolute atomic E-state index is 0.0387. The summed E-state index contributed by atoms with van der Waals surface area (Å²) in [7, 11) is 0. The van der Waals surface area contributed by atoms with Crippen LogP contribution in [0.1, 0.15) is 25.3 Å². The standard InChI is InChI=1S/C14H17ClO2/c1-14(9-16)7-6-11(13(14)17)8-10-2-4-12(15)5-3-10/h2-5,11,16H,6-9H2,1H3. The molecule has 0 amide bonds. The van der Waals surface area contributed by atoms with Crippen LogP contribution in [0.3, 0.4) is 0 Å². The largest absolute Gasteiger partial charge is 0.395 e. The van der Waals surface area contributed by atoms with Crippen LogP contribution in [0, 0.1) is 11.3 Å². The molecule has 3 heteroatoms. The quantitative estimate of drug-likeness (QED) is 0.898. The lowest BCUT2D eigenvalue weighted by Gasteiger charge is -2.19. The molecule has 2 atom stereocenters. The van der Waals surface area contributed by atoms with Crippen molar-refractivity contribution in [3.05, 3.63) is 34.9 Å². The monoisotopic (exact) mass is 252 g/mol. The number of hydrogen-bond donors (Lipinski definition) is 1. The lowest BCUT2D eigenvalue weighted by molar-refractivity contribution is -0.129. The highest BCUT2D eigenvalue weighted by Gasteiger charge is 2.43. The van der Waals surface area contributed by atoms with Crippen molar-refractivity contribution in [1.29, 1.82) is 0 Å². The van der Waals surface area contributed by atoms with Gasteiger partial charge >= 0.3 is 0 Å². The maximum absolute atomic E-state index is 12.1. The number of carbonyl (C=O) groups excluding carboxylic acids is 1. The normalized spacial score (nSPS) is 28.6. The summed E-state index contributed by atoms with van der Waals surface area (Å²) in [6.45, 7) is 1.82. The van der Waals surface area contributed by atoms with Gasteiger partial charge in [0.05, 0.1) is 6.61 Å². The molecule has 0 aliphatic heterocycles. The third kappa shape index (κ3) is 2.53. The van der Waals surface area contributed by atoms with Crippen LogP contribution in [0.2, 0.25) is 5.02 Å². The molecule has 0 heterocycles. The van der Waals surface area contributed by atoms with Crippen molar-refractivity contribution in [3.63, 3.8) is 0 Å². The summed E-state index contributed by atoms with van der Waals surface area (Å²) in [6, 6.07) is 7.62. The average Bonchev–Trinajstić information content (AvgIpc) is 2.61. The lowest BCUT2D eigenvalue weighted by Crippen LogP contribution is -2.29. The highest BCUT2D eigenvalue weighted by Crippen LogP contribution is 2.39. The molecule has 1 aromatic carbocycles. The second-order valence-corrected chi connectivity index (χ2v) is 5.59. The van der Waals surface area contributed by atoms with Crippen LogP contribution >= 0.6 is 11.6 Å². The Morgan fingerprint density at radius 1 is 1.41 bits per heavy atom. The number of halogens is 1. The summed E-state index contributed by atoms with van der Waals surface area (Å²) in [5, 5.41) is 9.99. The molecule has 2 rings (SSSR count). The molecule has 1 aromatic rings. The van der Waals surface area contributed by atoms with Crippen LogP contribution in [-0.2, 0) is 11.2 Å². The second kappa shape index (κ2) is 4.79. The van der Waals surface area contributed by atoms with E-state index in [-0.39, 0.29) is 18.3 Å². The Kier molecular flexibility index (Phi) is 3.55. The summed E-state index contributed by atoms with van der Waals surface area (Å²) < 4.78 is 0. The van der Waals surface area contributed by atoms with Crippen LogP contribution in [0.5, 0.6) is 0 Å². The first-order chi connectivity index (χ1) is 8.05. The zero-order valence-corrected chi connectivity index (χ0v) is 10.7. The Bertz CT molecular complexity index is 413. The number of Topliss-reactive ketones (excluding diaryl/α,β-unsaturated/α-hetero) is 1. The smallest absolute Gasteiger partial charge is 0.144 e. The molecule has 2 nitrogen and oxygen atoms in total. The number of benzene rings is 1. The Morgan fingerprint density at radius 3 is 2.59 bits per heavy atom. The number of aliphatic hydroxyl groups is 1. The number of hydrogen-bond acceptors (Lipinski definition) is 2. The van der Waals surface area contributed by atoms with E-state index in [1.165, 1.54) is 0 Å². The Balaban J connectivity index is 2.06. The van der Waals surface area contributed by atoms with E-state index in [0.29, 0.717) is 5.02 Å². The van der Waals surface area contributed by atoms with Crippen molar-refractivity contribution in [1.82, 2.24) is 0 Å². The van der Waals surface area contributed by atoms with Crippen molar-refractivity contribution >= 4 is 17.4 Å². The van der Waals surface area contributed by atoms with Gasteiger partial charge in [-0.2, -0.15) is 0 Å². The Morgan fingerprint density at radius 2 is 2.06 bits per heavy atom. The van der Waals surface area contributed by atoms with Crippen molar-refractivity contribution in [2.75, 3.05) is 6.61 Å². The van der Waals surface area contributed by atoms with Crippen LogP contribution in [-0.4, -0.2) is 17.5 Å². The third-order valence-electron chi connectivity index (χ3n) is 3.75. The minimum Gasteiger partial charge on any atom is -0.395 e. The molecule has 1 aliphatic rings. The van der Waals surface area contributed by atoms with Gasteiger partial charge < -0.3 is 5.11 Å². The fourth-order valence-electron chi connectivity index (χ4n) is 2.50. The molecule has 1 saturated carbocycles. The van der Waals surface area contributed by atoms with Gasteiger partial charge in [0.2, 0.25) is 0 Å². The Hall–Kier alpha value is -0.860. The van der Waals surface area contributed by atoms with Gasteiger partial charge in [0.1, 0.15) is 5.78 Å². The molecule has 1 fully saturated rings. The number of ketones is 1. The van der Waals surface area contributed by atoms with E-state index >= 15 is 0 Å². The first-order valence-electron chi connectivity index (χ1n) is 5.95. The van der Waals surface area contributed by atoms with E-state index in [1.54, 1.807) is 0 Å². The van der Waals surface area contributed by atoms with E-state index in [2.05, 4.69) is 0 Å². The molecule has 17 heavy (non-hydrogen) atoms. The minimum atomic E-state index is -0.517. The second-order valence-electron chi connectivity index (χ2n) is 5.15. The van der Waals surface area contributed by atoms with E-state index in [9.17, 15) is 9.90 Å². The lowest BCUT2D eigenvalue weighted by atomic mass is 9.86. The number of aliphatic hydroxyl groups excluding tert-OH is 1. The van der Waals surface area contributed by atoms with Gasteiger partial charge in [-0.25, -0.2) is 0 Å². The number of rotatable bonds is 3. The average molecular weight is 253 g/mol. The van der Waals surface area contributed by atoms with Crippen LogP contribution in [0.25, 0.3) is 0 Å². The molecule has 1 aliphatic carbocycles. The predicted octanol–water partition coefficient (Wildman–Crippen LogP) is 2.86. The van der Waals surface area contributed by atoms with Gasteiger partial charge in [0, 0.05) is 16.4 Å². The summed E-state index contributed by atoms with van der Waals surface area (Å²) in [5.74, 6) is 0.253. The molecular weight excluding hydrogens is 236 g/mol. The third-order valence-corrected chi connectivity index (χ3v) is 4.01. The fraction of sp³-hybridized carbons (Fsp3) is 0.500. The van der Waals surface area contributed by atoms with Gasteiger partial charge in [-0.3, -0.25) is 4.79 Å². The SMILES string of the molecule is CC1(CO)CCC(Cc2ccc(Cl)cc2)C1=O. The first-order valence-corrected chi connectivity index (χ1v) is 6.32. The van der Waals surface area contributed by atoms with E-state index < -0.39 is 5.41 Å². The van der Waals surface area contributed by atoms with Gasteiger partial charge in [-0.05, 0) is 37.0 Å². The van der Waals surface area contributed by atoms with Crippen molar-refractivity contribution in [3.8, 4) is 0 Å². The summed E-state index contributed by atoms with van der Waals surface area (Å²) >= 11 is 5.82. The molecule has 0 saturated heterocycles. The Labute approximate surface area is 107 Å². The van der Waals surface area contributed by atoms with Gasteiger partial charge in [-0.15, -0.1) is 0 Å². The zero-order chi connectivity index (χ0) is 12.5. The van der Waals surface area contributed by atoms with Crippen molar-refractivity contribution in [2.24, 2.45) is 11.3 Å². The highest BCUT2D eigenvalue weighted by atomic mass is 35.5. The molecule has 0 spiro atoms. The van der Waals surface area contributed by atoms with E-state index in [4.69, 9.17) is 11.6 Å². The maximum Gasteiger partial charge on any atom is 0.144 e. The maximum atomic E-state index is 12.1. The molecule has 0 aromatic heterocycles. The number of carbonyl (C=O) groups is 1. The van der Waals surface area contributed by atoms with Crippen LogP contribution in [0.15, 0.2) is 24.3 Å². The molecule has 0 bridgehead atoms. The predicted molar refractivity (Wildman–Crippen MR) is 68.1 cm³/mol. The van der Waals surface area contributed by atoms with Crippen LogP contribution < -0.4 is 0 Å². The van der Waals surface area contributed by atoms with Crippen molar-refractivity contribution < 1.29 is 9.90 Å². The molecule has 2 unspecified atom stereocenters. The summed E-state index contributed by atoms with van der Waals surface area (Å²) in [4.78, 5) is 12.1. The molecular formula is C14H17ClO2. The molecule has 1 N–H and O–H groups in total. The van der Waals surface area contributed by atoms with Gasteiger partial charge in [0.15, 0.2) is 0 Å². The van der Waals surface area contributed by atoms with E-state index in [1.807, 2.05) is 31.2 Å². The molecule has 0 radical (unpaired) electrons. The summed E-state index contributed by atoms with van der Waals surface area (Å²) in [6.07, 6.45) is 2.42. The molecule has 92 valence electrons. The van der Waals surface area contributed by atoms with Crippen molar-refractivity contribution in [2.45, 2.75) is 26.2 Å². The van der Waals surface area contributed by atoms with E-state index in [0.717, 1.165) is 24.8 Å². The zero-order valence-electron chi connectivity index (χ0n) is 9.95. The van der Waals surface area contributed by atoms with Crippen LogP contribution in [0.4, 0.5) is 0 Å².